The summed E-state index contributed by atoms with van der Waals surface area (Å²) in [4.78, 5) is 104. The number of nitrogens with two attached hydrogens (primary N) is 1. The van der Waals surface area contributed by atoms with Crippen LogP contribution in [0.4, 0.5) is 10.6 Å². The first kappa shape index (κ1) is 62.9. The van der Waals surface area contributed by atoms with Crippen LogP contribution in [0, 0.1) is 0 Å². The number of aliphatic hydroxyl groups excluding tert-OH is 6. The normalized spacial score (nSPS) is 19.8. The number of carboxylic acids is 1. The molecule has 0 spiro atoms. The van der Waals surface area contributed by atoms with Gasteiger partial charge in [0.25, 0.3) is 0 Å². The van der Waals surface area contributed by atoms with Crippen molar-refractivity contribution in [3.05, 3.63) is 82.4 Å². The molecule has 1 aromatic heterocycles. The molecule has 32 heteroatoms. The van der Waals surface area contributed by atoms with Gasteiger partial charge in [-0.05, 0) is 22.3 Å². The van der Waals surface area contributed by atoms with Gasteiger partial charge >= 0.3 is 266 Å². The number of amides is 4. The van der Waals surface area contributed by atoms with E-state index in [2.05, 4.69) is 26.4 Å². The van der Waals surface area contributed by atoms with E-state index in [0.29, 0.717) is 0 Å². The van der Waals surface area contributed by atoms with Crippen molar-refractivity contribution >= 4 is 43.8 Å². The molecule has 2 aliphatic rings. The van der Waals surface area contributed by atoms with Gasteiger partial charge in [-0.1, -0.05) is 48.5 Å². The number of carbonyl (C=O) groups is 5. The number of hydrogen-bond donors (Lipinski definition) is 14. The number of aromatic nitrogens is 2. The molecule has 78 heavy (non-hydrogen) atoms. The zero-order valence-electron chi connectivity index (χ0n) is 41.8. The Morgan fingerprint density at radius 1 is 0.846 bits per heavy atom. The Bertz CT molecular complexity index is 2450. The molecular formula is C46H66N7O24P. The van der Waals surface area contributed by atoms with E-state index in [1.54, 1.807) is 0 Å². The predicted octanol–water partition coefficient (Wildman–Crippen LogP) is -4.78. The number of ether oxygens (including phenoxy) is 6. The van der Waals surface area contributed by atoms with Gasteiger partial charge in [0.2, 0.25) is 5.91 Å². The standard InChI is InChI=1S/C46H66N7O24P/c47-36-9-12-53(44(65)50-36)26-73-35(33(57)21-54)24-75-78(67,68)77-46(43(63)64)19-32(56)40(42(76-46)41(62)34(58)22-55)51-38(60)20-49-37(59)10-13-69-15-17-71-18-16-70-14-11-48-39(61)25-74-52-45(66)72-23-31-29-7-3-1-5-27(29)28-6-2-4-8-30(28)31/h1-9,12,31-35,40-42,54-58,62,67-68,78H,10-11,13-26H2,(H,48,61)(H,49,59)(H,51,60)(H,52,66)(H,63,64)(H2,47,50,65)/t32?,33?,34-,35-,40-,41-,42?,46-/m1/s1. The molecule has 1 aliphatic heterocycles. The number of nitrogens with zero attached hydrogens (tertiary/aromatic N) is 2. The van der Waals surface area contributed by atoms with Gasteiger partial charge in [-0.25, -0.2) is 4.79 Å². The summed E-state index contributed by atoms with van der Waals surface area (Å²) in [7, 11) is -5.79. The number of nitrogen functional groups attached to an aromatic ring is 1. The molecule has 0 bridgehead atoms. The molecular weight excluding hydrogens is 1070 g/mol. The van der Waals surface area contributed by atoms with E-state index in [0.717, 1.165) is 26.8 Å². The molecule has 2 aromatic carbocycles. The first-order valence-electron chi connectivity index (χ1n) is 24.1. The first-order chi connectivity index (χ1) is 37.3. The molecule has 1 saturated heterocycles. The number of benzene rings is 2. The quantitative estimate of drug-likeness (QED) is 0.0152. The van der Waals surface area contributed by atoms with Crippen LogP contribution in [-0.4, -0.2) is 219 Å². The summed E-state index contributed by atoms with van der Waals surface area (Å²) in [6, 6.07) is 15.2. The summed E-state index contributed by atoms with van der Waals surface area (Å²) in [6.45, 7) is -4.15. The number of aliphatic hydroxyl groups is 6. The van der Waals surface area contributed by atoms with Crippen LogP contribution in [0.1, 0.15) is 29.9 Å². The van der Waals surface area contributed by atoms with Gasteiger partial charge in [0.15, 0.2) is 6.61 Å². The fourth-order valence-electron chi connectivity index (χ4n) is 7.85. The fourth-order valence-corrected chi connectivity index (χ4v) is 8.94. The Morgan fingerprint density at radius 3 is 2.10 bits per heavy atom. The molecule has 5 rings (SSSR count). The predicted molar refractivity (Wildman–Crippen MR) is 265 cm³/mol. The molecule has 0 radical (unpaired) electrons. The van der Waals surface area contributed by atoms with Crippen molar-refractivity contribution in [1.29, 1.82) is 0 Å². The number of anilines is 1. The summed E-state index contributed by atoms with van der Waals surface area (Å²) in [5.41, 5.74) is 10.9. The van der Waals surface area contributed by atoms with Gasteiger partial charge in [0.05, 0.1) is 33.0 Å². The van der Waals surface area contributed by atoms with E-state index < -0.39 is 138 Å². The van der Waals surface area contributed by atoms with E-state index in [-0.39, 0.29) is 70.9 Å². The third-order valence-electron chi connectivity index (χ3n) is 11.8. The van der Waals surface area contributed by atoms with Crippen LogP contribution in [-0.2, 0) is 68.2 Å². The number of aliphatic carboxylic acids is 1. The van der Waals surface area contributed by atoms with Gasteiger partial charge in [0.1, 0.15) is 6.61 Å². The number of hydrogen-bond acceptors (Lipinski definition) is 25. The van der Waals surface area contributed by atoms with E-state index in [1.807, 2.05) is 48.5 Å². The molecule has 3 unspecified atom stereocenters. The number of carbonyl (C=O) groups excluding carboxylic acids is 4. The fraction of sp³-hybridized carbons (Fsp3) is 0.543. The van der Waals surface area contributed by atoms with Crippen LogP contribution in [0.3, 0.4) is 0 Å². The Labute approximate surface area is 444 Å². The third-order valence-corrected chi connectivity index (χ3v) is 12.9. The summed E-state index contributed by atoms with van der Waals surface area (Å²) < 4.78 is 43.2. The second kappa shape index (κ2) is 31.0. The van der Waals surface area contributed by atoms with Crippen LogP contribution in [0.2, 0.25) is 0 Å². The van der Waals surface area contributed by atoms with E-state index in [9.17, 15) is 74.3 Å². The second-order valence-corrected chi connectivity index (χ2v) is 18.9. The first-order valence-corrected chi connectivity index (χ1v) is 25.9. The molecule has 15 N–H and O–H groups in total. The van der Waals surface area contributed by atoms with Crippen LogP contribution >= 0.6 is 8.17 Å². The summed E-state index contributed by atoms with van der Waals surface area (Å²) in [5, 5.41) is 78.8. The van der Waals surface area contributed by atoms with Gasteiger partial charge in [0, 0.05) is 12.5 Å². The molecule has 4 amide bonds. The third kappa shape index (κ3) is 18.9. The number of hydroxylamine groups is 1. The zero-order valence-corrected chi connectivity index (χ0v) is 42.8. The average Bonchev–Trinajstić information content (AvgIpc) is 3.75. The van der Waals surface area contributed by atoms with Gasteiger partial charge in [-0.2, -0.15) is 5.48 Å². The number of nitrogens with one attached hydrogen (secondary N) is 4. The second-order valence-electron chi connectivity index (χ2n) is 17.3. The van der Waals surface area contributed by atoms with E-state index >= 15 is 0 Å². The maximum absolute atomic E-state index is 12.9. The average molecular weight is 1130 g/mol. The van der Waals surface area contributed by atoms with Gasteiger partial charge in [-0.15, -0.1) is 0 Å². The van der Waals surface area contributed by atoms with E-state index in [4.69, 9.17) is 48.0 Å². The SMILES string of the molecule is Nc1ccn(CO[C@H](CO[PH](O)(O)O[C@@]2(C(=O)O)CC(O)[C@@H](NC(=O)CNC(=O)CCOCCOCCOCCNC(=O)CONC(=O)OCC3c4ccccc4-c4ccccc43)C([C@H](O)[C@H](O)CO)O2)C(O)CO)c(=O)n1. The molecule has 31 nitrogen and oxygen atoms in total. The van der Waals surface area contributed by atoms with Crippen LogP contribution < -0.4 is 32.9 Å². The van der Waals surface area contributed by atoms with Crippen molar-refractivity contribution in [3.63, 3.8) is 0 Å². The zero-order chi connectivity index (χ0) is 56.8. The van der Waals surface area contributed by atoms with Crippen molar-refractivity contribution in [2.45, 2.75) is 73.9 Å². The Hall–Kier alpha value is -5.94. The van der Waals surface area contributed by atoms with Gasteiger partial charge < -0.3 is 24.3 Å². The van der Waals surface area contributed by atoms with Crippen LogP contribution in [0.5, 0.6) is 0 Å². The molecule has 434 valence electrons. The van der Waals surface area contributed by atoms with Crippen molar-refractivity contribution < 1.29 is 112 Å². The van der Waals surface area contributed by atoms with Crippen molar-refractivity contribution in [2.24, 2.45) is 0 Å². The molecule has 0 saturated carbocycles. The minimum atomic E-state index is -5.79. The molecule has 1 aliphatic carbocycles. The Balaban J connectivity index is 0.928. The Morgan fingerprint density at radius 2 is 1.47 bits per heavy atom. The van der Waals surface area contributed by atoms with Crippen molar-refractivity contribution in [1.82, 2.24) is 31.0 Å². The molecule has 3 aromatic rings. The monoisotopic (exact) mass is 1130 g/mol. The molecule has 2 heterocycles. The summed E-state index contributed by atoms with van der Waals surface area (Å²) in [5.74, 6) is -7.88. The van der Waals surface area contributed by atoms with Crippen molar-refractivity contribution in [3.8, 4) is 11.1 Å². The van der Waals surface area contributed by atoms with Crippen LogP contribution in [0.15, 0.2) is 65.6 Å². The molecule has 1 fully saturated rings. The Kier molecular flexibility index (Phi) is 25.0. The van der Waals surface area contributed by atoms with Crippen LogP contribution in [0.25, 0.3) is 11.1 Å². The summed E-state index contributed by atoms with van der Waals surface area (Å²) >= 11 is 0. The topological polar surface area (TPSA) is 460 Å². The minimum absolute atomic E-state index is 0.0787. The van der Waals surface area contributed by atoms with Gasteiger partial charge in [-0.3, -0.25) is 9.63 Å². The molecule has 8 atom stereocenters. The van der Waals surface area contributed by atoms with Crippen molar-refractivity contribution in [2.75, 3.05) is 91.5 Å². The van der Waals surface area contributed by atoms with E-state index in [1.165, 1.54) is 12.3 Å². The summed E-state index contributed by atoms with van der Waals surface area (Å²) in [6.07, 6.45) is -13.2. The maximum atomic E-state index is 12.9. The number of fused-ring (bicyclic) bond motifs is 3. The number of rotatable bonds is 34. The number of carboxylic acid groups (broad SMARTS) is 1.